The van der Waals surface area contributed by atoms with Gasteiger partial charge in [0.2, 0.25) is 0 Å². The number of nitrogens with zero attached hydrogens (tertiary/aromatic N) is 3. The normalized spacial score (nSPS) is 11.9. The van der Waals surface area contributed by atoms with Crippen molar-refractivity contribution in [2.75, 3.05) is 0 Å². The van der Waals surface area contributed by atoms with Gasteiger partial charge in [-0.05, 0) is 0 Å². The standard InChI is InChI=1S/3C7H5NS2.Sb/c3*9-7-8-5-3-1-2-4-6(5)10-7;/h3*1-4H,(H,8,9);/q;;;+3/p-3. The Labute approximate surface area is 205 Å². The molecular formula is C21H12N3S6Sb. The first-order chi connectivity index (χ1) is 15.3. The number of rotatable bonds is 6. The van der Waals surface area contributed by atoms with E-state index < -0.39 is 16.0 Å². The molecule has 0 spiro atoms. The van der Waals surface area contributed by atoms with E-state index in [1.165, 1.54) is 14.1 Å². The van der Waals surface area contributed by atoms with Crippen LogP contribution in [0, 0.1) is 0 Å². The van der Waals surface area contributed by atoms with Gasteiger partial charge in [-0.15, -0.1) is 0 Å². The number of thiazole rings is 3. The molecule has 6 aromatic rings. The van der Waals surface area contributed by atoms with Crippen molar-refractivity contribution in [2.45, 2.75) is 13.0 Å². The van der Waals surface area contributed by atoms with Crippen LogP contribution >= 0.6 is 60.6 Å². The number of aromatic nitrogens is 3. The molecule has 0 aliphatic carbocycles. The Morgan fingerprint density at radius 2 is 0.806 bits per heavy atom. The second-order valence-electron chi connectivity index (χ2n) is 6.34. The molecule has 152 valence electrons. The Kier molecular flexibility index (Phi) is 6.18. The van der Waals surface area contributed by atoms with Crippen LogP contribution in [-0.4, -0.2) is 31.0 Å². The first-order valence-electron chi connectivity index (χ1n) is 9.21. The summed E-state index contributed by atoms with van der Waals surface area (Å²) in [5.41, 5.74) is 3.27. The second-order valence-corrected chi connectivity index (χ2v) is 29.9. The zero-order chi connectivity index (χ0) is 20.6. The maximum absolute atomic E-state index is 4.89. The number of para-hydroxylation sites is 3. The summed E-state index contributed by atoms with van der Waals surface area (Å²) >= 11 is 3.36. The van der Waals surface area contributed by atoms with E-state index in [2.05, 4.69) is 72.8 Å². The fourth-order valence-electron chi connectivity index (χ4n) is 2.92. The SMILES string of the molecule is c1ccc2sc([S][Sb]([S]c3nc4ccccc4s3)[S]c3nc4ccccc4s3)nc2c1. The van der Waals surface area contributed by atoms with E-state index in [1.54, 1.807) is 34.0 Å². The summed E-state index contributed by atoms with van der Waals surface area (Å²) in [5, 5.41) is 0. The van der Waals surface area contributed by atoms with Crippen LogP contribution in [0.3, 0.4) is 0 Å². The predicted molar refractivity (Wildman–Crippen MR) is 142 cm³/mol. The van der Waals surface area contributed by atoms with Gasteiger partial charge in [0.1, 0.15) is 0 Å². The van der Waals surface area contributed by atoms with Crippen LogP contribution < -0.4 is 0 Å². The Hall–Kier alpha value is -0.802. The minimum atomic E-state index is -2.02. The molecule has 6 rings (SSSR count). The third-order valence-corrected chi connectivity index (χ3v) is 30.1. The van der Waals surface area contributed by atoms with Crippen molar-refractivity contribution in [1.29, 1.82) is 0 Å². The molecular weight excluding hydrogens is 608 g/mol. The van der Waals surface area contributed by atoms with Gasteiger partial charge in [-0.3, -0.25) is 0 Å². The Morgan fingerprint density at radius 1 is 0.484 bits per heavy atom. The number of benzene rings is 3. The van der Waals surface area contributed by atoms with Crippen molar-refractivity contribution in [3.8, 4) is 0 Å². The van der Waals surface area contributed by atoms with E-state index in [0.29, 0.717) is 0 Å². The Bertz CT molecular complexity index is 1230. The average Bonchev–Trinajstić information content (AvgIpc) is 3.48. The molecule has 3 aromatic carbocycles. The van der Waals surface area contributed by atoms with Crippen LogP contribution in [0.25, 0.3) is 30.6 Å². The van der Waals surface area contributed by atoms with Gasteiger partial charge in [-0.25, -0.2) is 0 Å². The summed E-state index contributed by atoms with van der Waals surface area (Å²) < 4.78 is 7.23. The number of fused-ring (bicyclic) bond motifs is 3. The second kappa shape index (κ2) is 9.21. The molecule has 0 radical (unpaired) electrons. The van der Waals surface area contributed by atoms with Crippen LogP contribution in [0.15, 0.2) is 85.8 Å². The van der Waals surface area contributed by atoms with Gasteiger partial charge in [0.25, 0.3) is 0 Å². The van der Waals surface area contributed by atoms with Crippen molar-refractivity contribution in [3.05, 3.63) is 72.8 Å². The molecule has 3 nitrogen and oxygen atoms in total. The molecule has 0 unspecified atom stereocenters. The van der Waals surface area contributed by atoms with Gasteiger partial charge in [0, 0.05) is 0 Å². The zero-order valence-electron chi connectivity index (χ0n) is 15.7. The average molecular weight is 621 g/mol. The molecule has 0 N–H and O–H groups in total. The summed E-state index contributed by atoms with van der Waals surface area (Å²) in [5.74, 6) is 0. The van der Waals surface area contributed by atoms with Gasteiger partial charge in [-0.2, -0.15) is 0 Å². The summed E-state index contributed by atoms with van der Waals surface area (Å²) in [6.45, 7) is 0. The third-order valence-electron chi connectivity index (χ3n) is 4.28. The molecule has 0 saturated heterocycles. The zero-order valence-corrected chi connectivity index (χ0v) is 23.1. The molecule has 0 bridgehead atoms. The molecule has 0 fully saturated rings. The minimum absolute atomic E-state index is 1.09. The molecule has 0 aliphatic rings. The fraction of sp³-hybridized carbons (Fsp3) is 0. The first-order valence-corrected chi connectivity index (χ1v) is 23.4. The van der Waals surface area contributed by atoms with E-state index in [4.69, 9.17) is 15.0 Å². The molecule has 0 atom stereocenters. The molecule has 3 aromatic heterocycles. The van der Waals surface area contributed by atoms with Gasteiger partial charge in [-0.1, -0.05) is 0 Å². The molecule has 10 heteroatoms. The van der Waals surface area contributed by atoms with E-state index >= 15 is 0 Å². The molecule has 0 saturated carbocycles. The van der Waals surface area contributed by atoms with E-state index in [1.807, 2.05) is 26.5 Å². The summed E-state index contributed by atoms with van der Waals surface area (Å²) in [6, 6.07) is 25.2. The number of hydrogen-bond donors (Lipinski definition) is 0. The quantitative estimate of drug-likeness (QED) is 0.175. The first kappa shape index (κ1) is 20.8. The van der Waals surface area contributed by atoms with Gasteiger partial charge in [0.15, 0.2) is 0 Å². The van der Waals surface area contributed by atoms with Crippen molar-refractivity contribution in [1.82, 2.24) is 15.0 Å². The van der Waals surface area contributed by atoms with Crippen molar-refractivity contribution in [3.63, 3.8) is 0 Å². The summed E-state index contributed by atoms with van der Waals surface area (Å²) in [6.07, 6.45) is 0. The number of hydrogen-bond acceptors (Lipinski definition) is 9. The van der Waals surface area contributed by atoms with Crippen LogP contribution in [0.4, 0.5) is 0 Å². The summed E-state index contributed by atoms with van der Waals surface area (Å²) in [4.78, 5) is 14.7. The molecule has 0 amide bonds. The Morgan fingerprint density at radius 3 is 1.13 bits per heavy atom. The van der Waals surface area contributed by atoms with E-state index in [-0.39, 0.29) is 0 Å². The Balaban J connectivity index is 1.32. The van der Waals surface area contributed by atoms with E-state index in [9.17, 15) is 0 Å². The molecule has 31 heavy (non-hydrogen) atoms. The van der Waals surface area contributed by atoms with Crippen molar-refractivity contribution >= 4 is 107 Å². The molecule has 0 aliphatic heterocycles. The van der Waals surface area contributed by atoms with Crippen molar-refractivity contribution in [2.24, 2.45) is 0 Å². The molecule has 3 heterocycles. The topological polar surface area (TPSA) is 38.7 Å². The summed E-state index contributed by atoms with van der Waals surface area (Å²) in [7, 11) is 5.92. The van der Waals surface area contributed by atoms with Crippen LogP contribution in [0.2, 0.25) is 0 Å². The van der Waals surface area contributed by atoms with Crippen LogP contribution in [0.5, 0.6) is 0 Å². The van der Waals surface area contributed by atoms with Crippen molar-refractivity contribution < 1.29 is 0 Å². The van der Waals surface area contributed by atoms with Gasteiger partial charge < -0.3 is 0 Å². The van der Waals surface area contributed by atoms with E-state index in [0.717, 1.165) is 29.6 Å². The maximum atomic E-state index is 4.89. The van der Waals surface area contributed by atoms with Crippen LogP contribution in [-0.2, 0) is 0 Å². The fourth-order valence-corrected chi connectivity index (χ4v) is 36.3. The predicted octanol–water partition coefficient (Wildman–Crippen LogP) is 8.18. The van der Waals surface area contributed by atoms with Crippen LogP contribution in [0.1, 0.15) is 0 Å². The van der Waals surface area contributed by atoms with Gasteiger partial charge in [0.05, 0.1) is 0 Å². The van der Waals surface area contributed by atoms with Gasteiger partial charge >= 0.3 is 208 Å². The monoisotopic (exact) mass is 619 g/mol. The third kappa shape index (κ3) is 4.64.